The summed E-state index contributed by atoms with van der Waals surface area (Å²) in [5, 5.41) is 7.02. The maximum atomic E-state index is 12.2. The molecule has 0 heterocycles. The van der Waals surface area contributed by atoms with Crippen LogP contribution in [-0.2, 0) is 4.79 Å². The van der Waals surface area contributed by atoms with E-state index < -0.39 is 18.0 Å². The van der Waals surface area contributed by atoms with E-state index >= 15 is 0 Å². The number of benzene rings is 1. The van der Waals surface area contributed by atoms with Gasteiger partial charge in [0.2, 0.25) is 5.91 Å². The van der Waals surface area contributed by atoms with Crippen molar-refractivity contribution in [1.82, 2.24) is 10.6 Å². The van der Waals surface area contributed by atoms with Crippen LogP contribution in [0.15, 0.2) is 29.2 Å². The molecule has 0 radical (unpaired) electrons. The Labute approximate surface area is 123 Å². The highest BCUT2D eigenvalue weighted by Crippen LogP contribution is 2.31. The lowest BCUT2D eigenvalue weighted by atomic mass is 10.3. The summed E-state index contributed by atoms with van der Waals surface area (Å²) in [6.07, 6.45) is -4.29. The van der Waals surface area contributed by atoms with E-state index in [0.717, 1.165) is 0 Å². The van der Waals surface area contributed by atoms with Gasteiger partial charge in [-0.15, -0.1) is 11.8 Å². The van der Waals surface area contributed by atoms with Gasteiger partial charge in [-0.05, 0) is 12.1 Å². The van der Waals surface area contributed by atoms with Crippen molar-refractivity contribution in [2.45, 2.75) is 11.1 Å². The molecule has 5 nitrogen and oxygen atoms in total. The smallest absolute Gasteiger partial charge is 0.358 e. The van der Waals surface area contributed by atoms with Gasteiger partial charge >= 0.3 is 12.2 Å². The fraction of sp³-hybridized carbons (Fsp3) is 0.333. The van der Waals surface area contributed by atoms with E-state index in [1.807, 2.05) is 0 Å². The van der Waals surface area contributed by atoms with E-state index in [4.69, 9.17) is 0 Å². The largest absolute Gasteiger partial charge is 0.398 e. The monoisotopic (exact) mass is 321 g/mol. The Morgan fingerprint density at radius 3 is 2.52 bits per heavy atom. The molecule has 3 N–H and O–H groups in total. The zero-order valence-electron chi connectivity index (χ0n) is 11.1. The van der Waals surface area contributed by atoms with Crippen LogP contribution in [0.3, 0.4) is 0 Å². The van der Waals surface area contributed by atoms with E-state index in [2.05, 4.69) is 16.0 Å². The highest BCUT2D eigenvalue weighted by atomic mass is 32.2. The van der Waals surface area contributed by atoms with Crippen molar-refractivity contribution in [3.63, 3.8) is 0 Å². The highest BCUT2D eigenvalue weighted by molar-refractivity contribution is 7.99. The molecule has 9 heteroatoms. The lowest BCUT2D eigenvalue weighted by Crippen LogP contribution is -2.37. The zero-order valence-corrected chi connectivity index (χ0v) is 11.9. The molecule has 0 saturated heterocycles. The second-order valence-electron chi connectivity index (χ2n) is 3.88. The quantitative estimate of drug-likeness (QED) is 0.728. The van der Waals surface area contributed by atoms with Crippen molar-refractivity contribution < 1.29 is 22.8 Å². The molecule has 0 fully saturated rings. The highest BCUT2D eigenvalue weighted by Gasteiger charge is 2.27. The van der Waals surface area contributed by atoms with Crippen molar-refractivity contribution in [2.75, 3.05) is 24.7 Å². The van der Waals surface area contributed by atoms with E-state index in [9.17, 15) is 22.8 Å². The van der Waals surface area contributed by atoms with Gasteiger partial charge in [0.15, 0.2) is 0 Å². The van der Waals surface area contributed by atoms with Crippen molar-refractivity contribution in [1.29, 1.82) is 0 Å². The number of anilines is 1. The first kappa shape index (κ1) is 17.2. The number of para-hydroxylation sites is 1. The molecule has 1 aromatic carbocycles. The van der Waals surface area contributed by atoms with E-state index in [-0.39, 0.29) is 18.1 Å². The molecule has 0 atom stereocenters. The van der Waals surface area contributed by atoms with Crippen LogP contribution in [0.2, 0.25) is 0 Å². The Morgan fingerprint density at radius 2 is 1.90 bits per heavy atom. The Balaban J connectivity index is 2.62. The third-order valence-electron chi connectivity index (χ3n) is 2.21. The zero-order chi connectivity index (χ0) is 15.9. The molecule has 0 spiro atoms. The molecule has 3 amide bonds. The minimum atomic E-state index is -4.29. The van der Waals surface area contributed by atoms with Crippen molar-refractivity contribution >= 4 is 29.4 Å². The Kier molecular flexibility index (Phi) is 6.35. The van der Waals surface area contributed by atoms with Crippen LogP contribution in [0, 0.1) is 0 Å². The molecule has 1 rings (SSSR count). The van der Waals surface area contributed by atoms with E-state index in [1.54, 1.807) is 12.1 Å². The van der Waals surface area contributed by atoms with Gasteiger partial charge in [0, 0.05) is 11.9 Å². The Morgan fingerprint density at radius 1 is 1.24 bits per heavy atom. The number of rotatable bonds is 5. The molecule has 0 aromatic heterocycles. The SMILES string of the molecule is CNC(=O)CNC(=O)Nc1ccccc1SCC(F)(F)F. The van der Waals surface area contributed by atoms with Crippen molar-refractivity contribution in [2.24, 2.45) is 0 Å². The van der Waals surface area contributed by atoms with Gasteiger partial charge < -0.3 is 16.0 Å². The number of alkyl halides is 3. The maximum absolute atomic E-state index is 12.2. The fourth-order valence-electron chi connectivity index (χ4n) is 1.27. The molecular formula is C12H14F3N3O2S. The van der Waals surface area contributed by atoms with Gasteiger partial charge in [-0.3, -0.25) is 4.79 Å². The van der Waals surface area contributed by atoms with Gasteiger partial charge in [-0.2, -0.15) is 13.2 Å². The molecule has 0 bridgehead atoms. The second kappa shape index (κ2) is 7.77. The minimum Gasteiger partial charge on any atom is -0.358 e. The van der Waals surface area contributed by atoms with Crippen molar-refractivity contribution in [3.8, 4) is 0 Å². The summed E-state index contributed by atoms with van der Waals surface area (Å²) in [4.78, 5) is 22.8. The average Bonchev–Trinajstić information content (AvgIpc) is 2.43. The predicted octanol–water partition coefficient (Wildman–Crippen LogP) is 2.21. The number of hydrogen-bond acceptors (Lipinski definition) is 3. The number of thioether (sulfide) groups is 1. The number of nitrogens with one attached hydrogen (secondary N) is 3. The van der Waals surface area contributed by atoms with Gasteiger partial charge in [0.05, 0.1) is 18.0 Å². The van der Waals surface area contributed by atoms with Gasteiger partial charge in [-0.25, -0.2) is 4.79 Å². The lowest BCUT2D eigenvalue weighted by Gasteiger charge is -2.12. The van der Waals surface area contributed by atoms with Crippen LogP contribution in [0.5, 0.6) is 0 Å². The summed E-state index contributed by atoms with van der Waals surface area (Å²) in [6, 6.07) is 5.46. The van der Waals surface area contributed by atoms with Crippen LogP contribution in [0.1, 0.15) is 0 Å². The summed E-state index contributed by atoms with van der Waals surface area (Å²) in [5.74, 6) is -1.43. The van der Waals surface area contributed by atoms with Gasteiger partial charge in [0.1, 0.15) is 0 Å². The van der Waals surface area contributed by atoms with Crippen LogP contribution >= 0.6 is 11.8 Å². The Hall–Kier alpha value is -1.90. The number of hydrogen-bond donors (Lipinski definition) is 3. The topological polar surface area (TPSA) is 70.2 Å². The fourth-order valence-corrected chi connectivity index (χ4v) is 2.04. The van der Waals surface area contributed by atoms with Crippen LogP contribution in [0.25, 0.3) is 0 Å². The third-order valence-corrected chi connectivity index (χ3v) is 3.35. The molecule has 1 aromatic rings. The molecular weight excluding hydrogens is 307 g/mol. The normalized spacial score (nSPS) is 10.9. The molecule has 0 aliphatic heterocycles. The number of carbonyl (C=O) groups excluding carboxylic acids is 2. The molecule has 0 aliphatic rings. The van der Waals surface area contributed by atoms with Crippen LogP contribution < -0.4 is 16.0 Å². The van der Waals surface area contributed by atoms with Crippen LogP contribution in [0.4, 0.5) is 23.7 Å². The van der Waals surface area contributed by atoms with Gasteiger partial charge in [-0.1, -0.05) is 12.1 Å². The molecule has 0 unspecified atom stereocenters. The van der Waals surface area contributed by atoms with E-state index in [1.165, 1.54) is 19.2 Å². The number of likely N-dealkylation sites (N-methyl/N-ethyl adjacent to an activating group) is 1. The number of urea groups is 1. The summed E-state index contributed by atoms with van der Waals surface area (Å²) >= 11 is 0.578. The third kappa shape index (κ3) is 6.89. The lowest BCUT2D eigenvalue weighted by molar-refractivity contribution is -0.119. The van der Waals surface area contributed by atoms with Crippen molar-refractivity contribution in [3.05, 3.63) is 24.3 Å². The first-order chi connectivity index (χ1) is 9.81. The molecule has 0 saturated carbocycles. The average molecular weight is 321 g/mol. The number of halogens is 3. The Bertz CT molecular complexity index is 509. The first-order valence-electron chi connectivity index (χ1n) is 5.86. The van der Waals surface area contributed by atoms with Crippen LogP contribution in [-0.4, -0.2) is 37.5 Å². The molecule has 0 aliphatic carbocycles. The first-order valence-corrected chi connectivity index (χ1v) is 6.84. The molecule has 116 valence electrons. The summed E-state index contributed by atoms with van der Waals surface area (Å²) < 4.78 is 36.7. The maximum Gasteiger partial charge on any atom is 0.398 e. The standard InChI is InChI=1S/C12H14F3N3O2S/c1-16-10(19)6-17-11(20)18-8-4-2-3-5-9(8)21-7-12(13,14)15/h2-5H,6-7H2,1H3,(H,16,19)(H2,17,18,20). The minimum absolute atomic E-state index is 0.222. The molecule has 21 heavy (non-hydrogen) atoms. The summed E-state index contributed by atoms with van der Waals surface area (Å²) in [6.45, 7) is -0.222. The number of amides is 3. The van der Waals surface area contributed by atoms with E-state index in [0.29, 0.717) is 16.7 Å². The number of carbonyl (C=O) groups is 2. The second-order valence-corrected chi connectivity index (χ2v) is 4.90. The predicted molar refractivity (Wildman–Crippen MR) is 74.3 cm³/mol. The summed E-state index contributed by atoms with van der Waals surface area (Å²) in [7, 11) is 1.42. The van der Waals surface area contributed by atoms with Gasteiger partial charge in [0.25, 0.3) is 0 Å². The summed E-state index contributed by atoms with van der Waals surface area (Å²) in [5.41, 5.74) is 0.251.